The number of aliphatic hydroxyl groups is 1. The summed E-state index contributed by atoms with van der Waals surface area (Å²) in [6, 6.07) is 18.0. The molecule has 2 aromatic heterocycles. The molecular weight excluding hydrogens is 432 g/mol. The summed E-state index contributed by atoms with van der Waals surface area (Å²) in [6.07, 6.45) is 6.95. The number of fused-ring (bicyclic) bond motifs is 1. The van der Waals surface area contributed by atoms with E-state index in [1.54, 1.807) is 39.4 Å². The predicted molar refractivity (Wildman–Crippen MR) is 134 cm³/mol. The molecular formula is C27H28N2O3S. The summed E-state index contributed by atoms with van der Waals surface area (Å²) < 4.78 is 24.0. The molecule has 1 N–H and O–H groups in total. The summed E-state index contributed by atoms with van der Waals surface area (Å²) >= 11 is 0. The monoisotopic (exact) mass is 460 g/mol. The van der Waals surface area contributed by atoms with Crippen LogP contribution >= 0.6 is 0 Å². The third-order valence-corrected chi connectivity index (χ3v) is 7.60. The highest BCUT2D eigenvalue weighted by molar-refractivity contribution is 7.91. The van der Waals surface area contributed by atoms with E-state index in [9.17, 15) is 13.5 Å². The lowest BCUT2D eigenvalue weighted by Crippen LogP contribution is -2.18. The fourth-order valence-electron chi connectivity index (χ4n) is 3.87. The van der Waals surface area contributed by atoms with Crippen LogP contribution in [0.25, 0.3) is 33.2 Å². The molecule has 1 atom stereocenters. The average Bonchev–Trinajstić information content (AvgIpc) is 2.77. The van der Waals surface area contributed by atoms with Crippen LogP contribution in [-0.2, 0) is 21.9 Å². The van der Waals surface area contributed by atoms with E-state index in [4.69, 9.17) is 0 Å². The summed E-state index contributed by atoms with van der Waals surface area (Å²) in [6.45, 7) is 5.22. The summed E-state index contributed by atoms with van der Waals surface area (Å²) in [4.78, 5) is 8.93. The Bertz CT molecular complexity index is 1420. The van der Waals surface area contributed by atoms with E-state index in [1.807, 2.05) is 48.5 Å². The number of benzene rings is 2. The minimum atomic E-state index is -3.13. The fraction of sp³-hybridized carbons (Fsp3) is 0.259. The molecule has 0 spiro atoms. The van der Waals surface area contributed by atoms with Crippen LogP contribution in [0.4, 0.5) is 0 Å². The molecule has 1 unspecified atom stereocenters. The normalized spacial score (nSPS) is 13.2. The van der Waals surface area contributed by atoms with E-state index in [2.05, 4.69) is 16.0 Å². The summed E-state index contributed by atoms with van der Waals surface area (Å²) in [5, 5.41) is 10.9. The van der Waals surface area contributed by atoms with Gasteiger partial charge in [-0.2, -0.15) is 0 Å². The zero-order valence-electron chi connectivity index (χ0n) is 19.3. The van der Waals surface area contributed by atoms with Gasteiger partial charge in [-0.15, -0.1) is 0 Å². The maximum atomic E-state index is 12.0. The number of nitrogens with zero attached hydrogens (tertiary/aromatic N) is 2. The highest BCUT2D eigenvalue weighted by Gasteiger charge is 2.19. The number of sulfone groups is 1. The Morgan fingerprint density at radius 1 is 0.970 bits per heavy atom. The van der Waals surface area contributed by atoms with Crippen molar-refractivity contribution in [2.24, 2.45) is 0 Å². The molecule has 0 aliphatic heterocycles. The Hall–Kier alpha value is -3.09. The van der Waals surface area contributed by atoms with Crippen LogP contribution in [0.2, 0.25) is 0 Å². The van der Waals surface area contributed by atoms with Crippen molar-refractivity contribution in [3.05, 3.63) is 84.3 Å². The molecule has 0 aliphatic rings. The average molecular weight is 461 g/mol. The third kappa shape index (κ3) is 5.13. The molecule has 170 valence electrons. The zero-order valence-corrected chi connectivity index (χ0v) is 20.1. The van der Waals surface area contributed by atoms with Crippen molar-refractivity contribution in [1.82, 2.24) is 9.97 Å². The van der Waals surface area contributed by atoms with Crippen molar-refractivity contribution >= 4 is 20.7 Å². The molecule has 33 heavy (non-hydrogen) atoms. The van der Waals surface area contributed by atoms with E-state index >= 15 is 0 Å². The Kier molecular flexibility index (Phi) is 6.08. The Morgan fingerprint density at radius 2 is 1.73 bits per heavy atom. The molecule has 0 saturated heterocycles. The first-order valence-corrected chi connectivity index (χ1v) is 12.8. The van der Waals surface area contributed by atoms with Gasteiger partial charge in [0.1, 0.15) is 9.84 Å². The van der Waals surface area contributed by atoms with Gasteiger partial charge < -0.3 is 5.11 Å². The lowest BCUT2D eigenvalue weighted by atomic mass is 9.93. The number of aromatic nitrogens is 2. The SMILES string of the molecule is CC(Cc1cc(-c2cccc(-c3cncc(C(C)(C)O)c3)c2)c2ncccc2c1)S(C)(=O)=O. The smallest absolute Gasteiger partial charge is 0.150 e. The first-order valence-electron chi connectivity index (χ1n) is 10.9. The van der Waals surface area contributed by atoms with Gasteiger partial charge in [-0.3, -0.25) is 9.97 Å². The molecule has 0 aliphatic carbocycles. The van der Waals surface area contributed by atoms with Crippen LogP contribution in [0.15, 0.2) is 73.2 Å². The van der Waals surface area contributed by atoms with E-state index in [0.717, 1.165) is 44.3 Å². The Morgan fingerprint density at radius 3 is 2.45 bits per heavy atom. The quantitative estimate of drug-likeness (QED) is 0.430. The van der Waals surface area contributed by atoms with E-state index in [-0.39, 0.29) is 0 Å². The van der Waals surface area contributed by atoms with E-state index < -0.39 is 20.7 Å². The fourth-order valence-corrected chi connectivity index (χ4v) is 4.37. The highest BCUT2D eigenvalue weighted by atomic mass is 32.2. The molecule has 6 heteroatoms. The first kappa shape index (κ1) is 23.1. The molecule has 4 aromatic rings. The summed E-state index contributed by atoms with van der Waals surface area (Å²) in [7, 11) is -3.13. The van der Waals surface area contributed by atoms with Gasteiger partial charge >= 0.3 is 0 Å². The highest BCUT2D eigenvalue weighted by Crippen LogP contribution is 2.33. The number of rotatable bonds is 6. The van der Waals surface area contributed by atoms with Crippen molar-refractivity contribution < 1.29 is 13.5 Å². The van der Waals surface area contributed by atoms with Crippen LogP contribution in [0.3, 0.4) is 0 Å². The molecule has 0 bridgehead atoms. The van der Waals surface area contributed by atoms with E-state index in [1.165, 1.54) is 6.26 Å². The molecule has 0 radical (unpaired) electrons. The maximum absolute atomic E-state index is 12.0. The second kappa shape index (κ2) is 8.69. The van der Waals surface area contributed by atoms with Crippen LogP contribution in [0.5, 0.6) is 0 Å². The number of pyridine rings is 2. The van der Waals surface area contributed by atoms with Crippen LogP contribution in [-0.4, -0.2) is 35.0 Å². The van der Waals surface area contributed by atoms with Crippen molar-refractivity contribution in [3.63, 3.8) is 0 Å². The minimum Gasteiger partial charge on any atom is -0.386 e. The second-order valence-corrected chi connectivity index (χ2v) is 11.6. The van der Waals surface area contributed by atoms with Crippen molar-refractivity contribution in [2.45, 2.75) is 38.0 Å². The topological polar surface area (TPSA) is 80.2 Å². The molecule has 0 saturated carbocycles. The molecule has 0 fully saturated rings. The first-order chi connectivity index (χ1) is 15.5. The molecule has 0 amide bonds. The van der Waals surface area contributed by atoms with Crippen molar-refractivity contribution in [1.29, 1.82) is 0 Å². The predicted octanol–water partition coefficient (Wildman–Crippen LogP) is 5.17. The van der Waals surface area contributed by atoms with Gasteiger partial charge in [-0.25, -0.2) is 8.42 Å². The summed E-state index contributed by atoms with van der Waals surface area (Å²) in [5.41, 5.74) is 5.42. The van der Waals surface area contributed by atoms with Gasteiger partial charge in [0.25, 0.3) is 0 Å². The van der Waals surface area contributed by atoms with E-state index in [0.29, 0.717) is 6.42 Å². The van der Waals surface area contributed by atoms with Gasteiger partial charge in [0.2, 0.25) is 0 Å². The zero-order chi connectivity index (χ0) is 23.8. The Balaban J connectivity index is 1.83. The molecule has 5 nitrogen and oxygen atoms in total. The molecule has 2 heterocycles. The van der Waals surface area contributed by atoms with Crippen LogP contribution in [0.1, 0.15) is 31.9 Å². The minimum absolute atomic E-state index is 0.438. The van der Waals surface area contributed by atoms with Gasteiger partial charge in [-0.1, -0.05) is 24.3 Å². The third-order valence-electron chi connectivity index (χ3n) is 5.97. The van der Waals surface area contributed by atoms with Gasteiger partial charge in [-0.05, 0) is 74.2 Å². The van der Waals surface area contributed by atoms with Gasteiger partial charge in [0, 0.05) is 46.9 Å². The molecule has 2 aromatic carbocycles. The van der Waals surface area contributed by atoms with Gasteiger partial charge in [0.05, 0.1) is 16.4 Å². The number of hydrogen-bond donors (Lipinski definition) is 1. The van der Waals surface area contributed by atoms with Crippen LogP contribution in [0, 0.1) is 0 Å². The lowest BCUT2D eigenvalue weighted by molar-refractivity contribution is 0.0783. The maximum Gasteiger partial charge on any atom is 0.150 e. The molecule has 4 rings (SSSR count). The lowest BCUT2D eigenvalue weighted by Gasteiger charge is -2.18. The van der Waals surface area contributed by atoms with Crippen molar-refractivity contribution in [3.8, 4) is 22.3 Å². The second-order valence-electron chi connectivity index (χ2n) is 9.16. The summed E-state index contributed by atoms with van der Waals surface area (Å²) in [5.74, 6) is 0. The Labute approximate surface area is 195 Å². The largest absolute Gasteiger partial charge is 0.386 e. The van der Waals surface area contributed by atoms with Crippen molar-refractivity contribution in [2.75, 3.05) is 6.26 Å². The standard InChI is InChI=1S/C27H28N2O3S/c1-18(33(4,31)32)11-19-12-22-9-6-10-29-26(22)25(13-19)21-8-5-7-20(14-21)23-15-24(17-28-16-23)27(2,3)30/h5-10,12-18,30H,11H2,1-4H3. The number of hydrogen-bond acceptors (Lipinski definition) is 5. The van der Waals surface area contributed by atoms with Gasteiger partial charge in [0.15, 0.2) is 0 Å². The van der Waals surface area contributed by atoms with Crippen LogP contribution < -0.4 is 0 Å².